The Morgan fingerprint density at radius 3 is 2.58 bits per heavy atom. The van der Waals surface area contributed by atoms with E-state index >= 15 is 0 Å². The van der Waals surface area contributed by atoms with Crippen molar-refractivity contribution in [3.63, 3.8) is 0 Å². The van der Waals surface area contributed by atoms with Crippen LogP contribution in [0.3, 0.4) is 0 Å². The molecule has 1 aliphatic rings. The zero-order chi connectivity index (χ0) is 18.4. The molecule has 0 saturated heterocycles. The monoisotopic (exact) mass is 368 g/mol. The molecule has 0 aromatic heterocycles. The lowest BCUT2D eigenvalue weighted by molar-refractivity contribution is -0.129. The maximum Gasteiger partial charge on any atom is 0.233 e. The summed E-state index contributed by atoms with van der Waals surface area (Å²) in [5, 5.41) is 0. The quantitative estimate of drug-likeness (QED) is 0.728. The average Bonchev–Trinajstić information content (AvgIpc) is 3.11. The number of carbonyl (C=O) groups is 2. The van der Waals surface area contributed by atoms with Crippen molar-refractivity contribution in [3.8, 4) is 0 Å². The molecule has 3 rings (SSSR count). The van der Waals surface area contributed by atoms with Gasteiger partial charge in [0.1, 0.15) is 0 Å². The molecule has 2 aromatic rings. The summed E-state index contributed by atoms with van der Waals surface area (Å²) >= 11 is 1.56. The van der Waals surface area contributed by atoms with E-state index in [4.69, 9.17) is 5.73 Å². The fraction of sp³-hybridized carbons (Fsp3) is 0.333. The van der Waals surface area contributed by atoms with Crippen molar-refractivity contribution in [1.29, 1.82) is 0 Å². The zero-order valence-electron chi connectivity index (χ0n) is 14.8. The molecule has 2 N–H and O–H groups in total. The Morgan fingerprint density at radius 2 is 1.81 bits per heavy atom. The fourth-order valence-corrected chi connectivity index (χ4v) is 4.08. The second kappa shape index (κ2) is 8.90. The van der Waals surface area contributed by atoms with Gasteiger partial charge in [-0.15, -0.1) is 11.8 Å². The standard InChI is InChI=1S/C21H24N2O2S/c22-20(24)11-12-23(14-16-5-2-1-3-6-16)21(25)15-26-19-10-9-17-7-4-8-18(17)13-19/h1-3,5-6,9-10,13H,4,7-8,11-12,14-15H2,(H2,22,24). The molecule has 0 aliphatic heterocycles. The van der Waals surface area contributed by atoms with Gasteiger partial charge in [-0.2, -0.15) is 0 Å². The Bertz CT molecular complexity index is 777. The molecule has 0 fully saturated rings. The molecule has 0 saturated carbocycles. The van der Waals surface area contributed by atoms with E-state index in [0.29, 0.717) is 18.8 Å². The molecule has 0 spiro atoms. The van der Waals surface area contributed by atoms with E-state index in [1.807, 2.05) is 30.3 Å². The van der Waals surface area contributed by atoms with Crippen LogP contribution < -0.4 is 5.73 Å². The van der Waals surface area contributed by atoms with Crippen LogP contribution in [0.15, 0.2) is 53.4 Å². The summed E-state index contributed by atoms with van der Waals surface area (Å²) < 4.78 is 0. The number of hydrogen-bond donors (Lipinski definition) is 1. The van der Waals surface area contributed by atoms with Gasteiger partial charge in [0, 0.05) is 24.4 Å². The molecular formula is C21H24N2O2S. The van der Waals surface area contributed by atoms with Gasteiger partial charge in [-0.3, -0.25) is 9.59 Å². The third-order valence-corrected chi connectivity index (χ3v) is 5.61. The van der Waals surface area contributed by atoms with E-state index in [1.165, 1.54) is 17.5 Å². The van der Waals surface area contributed by atoms with E-state index in [0.717, 1.165) is 23.3 Å². The molecule has 136 valence electrons. The first-order valence-corrected chi connectivity index (χ1v) is 9.95. The molecule has 2 amide bonds. The minimum Gasteiger partial charge on any atom is -0.370 e. The SMILES string of the molecule is NC(=O)CCN(Cc1ccccc1)C(=O)CSc1ccc2c(c1)CCC2. The van der Waals surface area contributed by atoms with Crippen LogP contribution in [0.2, 0.25) is 0 Å². The van der Waals surface area contributed by atoms with Crippen molar-refractivity contribution in [2.75, 3.05) is 12.3 Å². The van der Waals surface area contributed by atoms with Gasteiger partial charge in [-0.25, -0.2) is 0 Å². The molecule has 0 heterocycles. The predicted molar refractivity (Wildman–Crippen MR) is 105 cm³/mol. The molecule has 0 radical (unpaired) electrons. The Labute approximate surface area is 158 Å². The second-order valence-electron chi connectivity index (χ2n) is 6.59. The maximum atomic E-state index is 12.7. The van der Waals surface area contributed by atoms with Crippen molar-refractivity contribution in [1.82, 2.24) is 4.90 Å². The van der Waals surface area contributed by atoms with Crippen molar-refractivity contribution in [2.45, 2.75) is 37.1 Å². The highest BCUT2D eigenvalue weighted by molar-refractivity contribution is 8.00. The van der Waals surface area contributed by atoms with E-state index in [-0.39, 0.29) is 18.2 Å². The summed E-state index contributed by atoms with van der Waals surface area (Å²) in [4.78, 5) is 26.7. The molecule has 2 aromatic carbocycles. The van der Waals surface area contributed by atoms with Crippen LogP contribution in [-0.2, 0) is 29.0 Å². The van der Waals surface area contributed by atoms with E-state index in [9.17, 15) is 9.59 Å². The van der Waals surface area contributed by atoms with Gasteiger partial charge in [0.2, 0.25) is 11.8 Å². The first-order valence-electron chi connectivity index (χ1n) is 8.96. The Morgan fingerprint density at radius 1 is 1.04 bits per heavy atom. The third kappa shape index (κ3) is 5.11. The number of benzene rings is 2. The number of amides is 2. The summed E-state index contributed by atoms with van der Waals surface area (Å²) in [6, 6.07) is 16.3. The van der Waals surface area contributed by atoms with Crippen LogP contribution in [-0.4, -0.2) is 29.0 Å². The molecule has 5 heteroatoms. The summed E-state index contributed by atoms with van der Waals surface area (Å²) in [6.45, 7) is 0.853. The Hall–Kier alpha value is -2.27. The summed E-state index contributed by atoms with van der Waals surface area (Å²) in [7, 11) is 0. The fourth-order valence-electron chi connectivity index (χ4n) is 3.22. The lowest BCUT2D eigenvalue weighted by Crippen LogP contribution is -2.34. The molecular weight excluding hydrogens is 344 g/mol. The lowest BCUT2D eigenvalue weighted by Gasteiger charge is -2.22. The second-order valence-corrected chi connectivity index (χ2v) is 7.64. The first-order chi connectivity index (χ1) is 12.6. The van der Waals surface area contributed by atoms with Gasteiger partial charge in [0.05, 0.1) is 5.75 Å². The number of fused-ring (bicyclic) bond motifs is 1. The zero-order valence-corrected chi connectivity index (χ0v) is 15.6. The molecule has 1 aliphatic carbocycles. The van der Waals surface area contributed by atoms with E-state index < -0.39 is 0 Å². The van der Waals surface area contributed by atoms with Gasteiger partial charge in [0.25, 0.3) is 0 Å². The van der Waals surface area contributed by atoms with Gasteiger partial charge in [0.15, 0.2) is 0 Å². The van der Waals surface area contributed by atoms with Crippen molar-refractivity contribution < 1.29 is 9.59 Å². The Balaban J connectivity index is 1.61. The molecule has 4 nitrogen and oxygen atoms in total. The summed E-state index contributed by atoms with van der Waals surface area (Å²) in [5.74, 6) is 0.00688. The predicted octanol–water partition coefficient (Wildman–Crippen LogP) is 3.17. The van der Waals surface area contributed by atoms with Crippen molar-refractivity contribution in [3.05, 3.63) is 65.2 Å². The van der Waals surface area contributed by atoms with Crippen LogP contribution in [0.4, 0.5) is 0 Å². The lowest BCUT2D eigenvalue weighted by atomic mass is 10.1. The molecule has 0 unspecified atom stereocenters. The van der Waals surface area contributed by atoms with Crippen LogP contribution in [0, 0.1) is 0 Å². The highest BCUT2D eigenvalue weighted by atomic mass is 32.2. The number of rotatable bonds is 8. The van der Waals surface area contributed by atoms with Gasteiger partial charge >= 0.3 is 0 Å². The van der Waals surface area contributed by atoms with Crippen LogP contribution >= 0.6 is 11.8 Å². The number of carbonyl (C=O) groups excluding carboxylic acids is 2. The highest BCUT2D eigenvalue weighted by Gasteiger charge is 2.16. The van der Waals surface area contributed by atoms with Gasteiger partial charge in [-0.05, 0) is 48.1 Å². The normalized spacial score (nSPS) is 12.6. The minimum atomic E-state index is -0.387. The number of hydrogen-bond acceptors (Lipinski definition) is 3. The van der Waals surface area contributed by atoms with E-state index in [2.05, 4.69) is 18.2 Å². The van der Waals surface area contributed by atoms with Crippen LogP contribution in [0.5, 0.6) is 0 Å². The number of aryl methyl sites for hydroxylation is 2. The largest absolute Gasteiger partial charge is 0.370 e. The van der Waals surface area contributed by atoms with Crippen molar-refractivity contribution >= 4 is 23.6 Å². The number of thioether (sulfide) groups is 1. The minimum absolute atomic E-state index is 0.0283. The number of nitrogens with two attached hydrogens (primary N) is 1. The van der Waals surface area contributed by atoms with Crippen LogP contribution in [0.1, 0.15) is 29.5 Å². The third-order valence-electron chi connectivity index (χ3n) is 4.63. The number of primary amides is 1. The first kappa shape index (κ1) is 18.5. The topological polar surface area (TPSA) is 63.4 Å². The van der Waals surface area contributed by atoms with Crippen molar-refractivity contribution in [2.24, 2.45) is 5.73 Å². The smallest absolute Gasteiger partial charge is 0.233 e. The molecule has 0 bridgehead atoms. The average molecular weight is 369 g/mol. The van der Waals surface area contributed by atoms with Crippen LogP contribution in [0.25, 0.3) is 0 Å². The Kier molecular flexibility index (Phi) is 6.34. The van der Waals surface area contributed by atoms with Gasteiger partial charge < -0.3 is 10.6 Å². The molecule has 0 atom stereocenters. The van der Waals surface area contributed by atoms with Gasteiger partial charge in [-0.1, -0.05) is 36.4 Å². The highest BCUT2D eigenvalue weighted by Crippen LogP contribution is 2.27. The summed E-state index contributed by atoms with van der Waals surface area (Å²) in [6.07, 6.45) is 3.70. The number of nitrogens with zero attached hydrogens (tertiary/aromatic N) is 1. The summed E-state index contributed by atoms with van der Waals surface area (Å²) in [5.41, 5.74) is 9.17. The van der Waals surface area contributed by atoms with E-state index in [1.54, 1.807) is 16.7 Å². The maximum absolute atomic E-state index is 12.7. The molecule has 26 heavy (non-hydrogen) atoms.